The molecule has 20 heavy (non-hydrogen) atoms. The zero-order chi connectivity index (χ0) is 14.7. The maximum Gasteiger partial charge on any atom is 0.374 e. The van der Waals surface area contributed by atoms with Crippen molar-refractivity contribution in [1.29, 1.82) is 0 Å². The summed E-state index contributed by atoms with van der Waals surface area (Å²) in [5.41, 5.74) is 3.34. The van der Waals surface area contributed by atoms with Crippen LogP contribution < -0.4 is 5.32 Å². The number of rotatable bonds is 4. The Balaban J connectivity index is 2.15. The Bertz CT molecular complexity index is 631. The molecule has 1 aromatic carbocycles. The third-order valence-electron chi connectivity index (χ3n) is 3.13. The molecule has 1 aromatic heterocycles. The van der Waals surface area contributed by atoms with Gasteiger partial charge in [-0.3, -0.25) is 0 Å². The fourth-order valence-electron chi connectivity index (χ4n) is 1.93. The first kappa shape index (κ1) is 14.0. The van der Waals surface area contributed by atoms with Crippen molar-refractivity contribution in [3.05, 3.63) is 46.9 Å². The van der Waals surface area contributed by atoms with Crippen LogP contribution in [0.15, 0.2) is 28.9 Å². The molecule has 0 unspecified atom stereocenters. The lowest BCUT2D eigenvalue weighted by Gasteiger charge is -2.11. The molecule has 2 rings (SSSR count). The second-order valence-corrected chi connectivity index (χ2v) is 4.57. The van der Waals surface area contributed by atoms with Crippen LogP contribution in [0.2, 0.25) is 0 Å². The molecular formula is C15H17NO4. The molecule has 2 N–H and O–H groups in total. The van der Waals surface area contributed by atoms with E-state index in [-0.39, 0.29) is 11.5 Å². The van der Waals surface area contributed by atoms with E-state index in [4.69, 9.17) is 4.42 Å². The quantitative estimate of drug-likeness (QED) is 0.663. The van der Waals surface area contributed by atoms with E-state index in [1.54, 1.807) is 12.1 Å². The molecule has 0 amide bonds. The van der Waals surface area contributed by atoms with Gasteiger partial charge in [-0.2, -0.15) is 0 Å². The maximum absolute atomic E-state index is 11.5. The Kier molecular flexibility index (Phi) is 3.98. The van der Waals surface area contributed by atoms with Gasteiger partial charge in [0, 0.05) is 17.8 Å². The summed E-state index contributed by atoms with van der Waals surface area (Å²) in [5.74, 6) is -0.0230. The summed E-state index contributed by atoms with van der Waals surface area (Å²) in [6, 6.07) is 5.29. The topological polar surface area (TPSA) is 71.7 Å². The summed E-state index contributed by atoms with van der Waals surface area (Å²) in [4.78, 5) is 11.5. The summed E-state index contributed by atoms with van der Waals surface area (Å²) in [6.45, 7) is 4.17. The number of carbonyl (C=O) groups excluding carboxylic acids is 1. The van der Waals surface area contributed by atoms with Gasteiger partial charge in [0.15, 0.2) is 0 Å². The van der Waals surface area contributed by atoms with E-state index in [1.807, 2.05) is 19.9 Å². The Morgan fingerprint density at radius 2 is 2.10 bits per heavy atom. The van der Waals surface area contributed by atoms with Gasteiger partial charge in [-0.1, -0.05) is 0 Å². The second-order valence-electron chi connectivity index (χ2n) is 4.57. The van der Waals surface area contributed by atoms with E-state index in [0.717, 1.165) is 22.4 Å². The summed E-state index contributed by atoms with van der Waals surface area (Å²) in [5, 5.41) is 12.8. The molecule has 0 fully saturated rings. The third-order valence-corrected chi connectivity index (χ3v) is 3.13. The van der Waals surface area contributed by atoms with Crippen LogP contribution in [0, 0.1) is 13.8 Å². The van der Waals surface area contributed by atoms with E-state index in [1.165, 1.54) is 13.4 Å². The molecule has 5 heteroatoms. The number of ether oxygens (including phenoxy) is 1. The van der Waals surface area contributed by atoms with Crippen LogP contribution >= 0.6 is 0 Å². The zero-order valence-corrected chi connectivity index (χ0v) is 11.7. The second kappa shape index (κ2) is 5.69. The molecule has 0 aliphatic rings. The minimum absolute atomic E-state index is 0.202. The molecule has 0 aliphatic carbocycles. The summed E-state index contributed by atoms with van der Waals surface area (Å²) >= 11 is 0. The number of esters is 1. The number of aromatic hydroxyl groups is 1. The fourth-order valence-corrected chi connectivity index (χ4v) is 1.93. The van der Waals surface area contributed by atoms with E-state index in [0.29, 0.717) is 6.54 Å². The molecular weight excluding hydrogens is 258 g/mol. The van der Waals surface area contributed by atoms with Crippen molar-refractivity contribution in [2.45, 2.75) is 20.4 Å². The van der Waals surface area contributed by atoms with Crippen molar-refractivity contribution in [3.8, 4) is 5.75 Å². The number of phenolic OH excluding ortho intramolecular Hbond substituents is 1. The molecule has 0 radical (unpaired) electrons. The highest BCUT2D eigenvalue weighted by molar-refractivity contribution is 5.87. The number of phenols is 1. The van der Waals surface area contributed by atoms with Crippen LogP contribution in [0.3, 0.4) is 0 Å². The number of hydrogen-bond acceptors (Lipinski definition) is 5. The summed E-state index contributed by atoms with van der Waals surface area (Å²) in [7, 11) is 1.32. The van der Waals surface area contributed by atoms with Gasteiger partial charge < -0.3 is 19.6 Å². The van der Waals surface area contributed by atoms with Gasteiger partial charge in [0.1, 0.15) is 5.75 Å². The van der Waals surface area contributed by atoms with Crippen LogP contribution in [0.25, 0.3) is 0 Å². The van der Waals surface area contributed by atoms with Crippen molar-refractivity contribution in [2.24, 2.45) is 0 Å². The number of furan rings is 1. The lowest BCUT2D eigenvalue weighted by atomic mass is 10.1. The van der Waals surface area contributed by atoms with Crippen LogP contribution in [0.5, 0.6) is 5.75 Å². The number of benzene rings is 1. The number of anilines is 1. The van der Waals surface area contributed by atoms with Gasteiger partial charge in [0.05, 0.1) is 13.4 Å². The molecule has 0 atom stereocenters. The van der Waals surface area contributed by atoms with Crippen LogP contribution in [-0.4, -0.2) is 18.2 Å². The first-order valence-electron chi connectivity index (χ1n) is 6.21. The first-order chi connectivity index (χ1) is 9.52. The molecule has 0 saturated heterocycles. The van der Waals surface area contributed by atoms with Gasteiger partial charge in [-0.25, -0.2) is 4.79 Å². The number of carbonyl (C=O) groups is 1. The average molecular weight is 275 g/mol. The molecule has 0 spiro atoms. The molecule has 0 bridgehead atoms. The number of hydrogen-bond donors (Lipinski definition) is 2. The van der Waals surface area contributed by atoms with E-state index >= 15 is 0 Å². The van der Waals surface area contributed by atoms with Crippen molar-refractivity contribution >= 4 is 11.7 Å². The van der Waals surface area contributed by atoms with Gasteiger partial charge in [0.25, 0.3) is 0 Å². The van der Waals surface area contributed by atoms with E-state index < -0.39 is 5.97 Å². The van der Waals surface area contributed by atoms with Crippen molar-refractivity contribution < 1.29 is 19.1 Å². The molecule has 0 aliphatic heterocycles. The van der Waals surface area contributed by atoms with E-state index in [9.17, 15) is 9.90 Å². The third kappa shape index (κ3) is 2.77. The van der Waals surface area contributed by atoms with E-state index in [2.05, 4.69) is 10.1 Å². The van der Waals surface area contributed by atoms with Gasteiger partial charge >= 0.3 is 5.97 Å². The summed E-state index contributed by atoms with van der Waals surface area (Å²) in [6.07, 6.45) is 1.46. The van der Waals surface area contributed by atoms with Crippen molar-refractivity contribution in [2.75, 3.05) is 12.4 Å². The van der Waals surface area contributed by atoms with Crippen LogP contribution in [0.1, 0.15) is 27.2 Å². The van der Waals surface area contributed by atoms with Gasteiger partial charge in [-0.15, -0.1) is 0 Å². The number of methoxy groups -OCH3 is 1. The maximum atomic E-state index is 11.5. The Morgan fingerprint density at radius 3 is 2.80 bits per heavy atom. The standard InChI is InChI=1S/C15H17NO4/c1-9-7-13(17)10(2)6-12(9)16-8-11-4-5-20-14(11)15(18)19-3/h4-7,16-17H,8H2,1-3H3. The molecule has 106 valence electrons. The fraction of sp³-hybridized carbons (Fsp3) is 0.267. The number of aryl methyl sites for hydroxylation is 2. The highest BCUT2D eigenvalue weighted by Gasteiger charge is 2.15. The monoisotopic (exact) mass is 275 g/mol. The van der Waals surface area contributed by atoms with Crippen molar-refractivity contribution in [3.63, 3.8) is 0 Å². The summed E-state index contributed by atoms with van der Waals surface area (Å²) < 4.78 is 9.78. The normalized spacial score (nSPS) is 10.3. The highest BCUT2D eigenvalue weighted by Crippen LogP contribution is 2.25. The Hall–Kier alpha value is -2.43. The zero-order valence-electron chi connectivity index (χ0n) is 11.7. The lowest BCUT2D eigenvalue weighted by molar-refractivity contribution is 0.0563. The molecule has 2 aromatic rings. The molecule has 5 nitrogen and oxygen atoms in total. The Morgan fingerprint density at radius 1 is 1.35 bits per heavy atom. The minimum Gasteiger partial charge on any atom is -0.508 e. The number of nitrogens with one attached hydrogen (secondary N) is 1. The largest absolute Gasteiger partial charge is 0.508 e. The first-order valence-corrected chi connectivity index (χ1v) is 6.21. The predicted octanol–water partition coefficient (Wildman–Crippen LogP) is 3.00. The van der Waals surface area contributed by atoms with Crippen LogP contribution in [0.4, 0.5) is 5.69 Å². The van der Waals surface area contributed by atoms with Gasteiger partial charge in [0.2, 0.25) is 5.76 Å². The highest BCUT2D eigenvalue weighted by atomic mass is 16.5. The van der Waals surface area contributed by atoms with Gasteiger partial charge in [-0.05, 0) is 43.2 Å². The van der Waals surface area contributed by atoms with Crippen molar-refractivity contribution in [1.82, 2.24) is 0 Å². The molecule has 1 heterocycles. The minimum atomic E-state index is -0.495. The predicted molar refractivity (Wildman–Crippen MR) is 75.0 cm³/mol. The lowest BCUT2D eigenvalue weighted by Crippen LogP contribution is -2.07. The molecule has 0 saturated carbocycles. The smallest absolute Gasteiger partial charge is 0.374 e. The average Bonchev–Trinajstić information content (AvgIpc) is 2.89. The Labute approximate surface area is 117 Å². The van der Waals surface area contributed by atoms with Crippen LogP contribution in [-0.2, 0) is 11.3 Å². The SMILES string of the molecule is COC(=O)c1occc1CNc1cc(C)c(O)cc1C.